The normalized spacial score (nSPS) is 22.6. The molecule has 0 radical (unpaired) electrons. The van der Waals surface area contributed by atoms with E-state index in [0.717, 1.165) is 10.7 Å². The van der Waals surface area contributed by atoms with Crippen molar-refractivity contribution in [1.29, 1.82) is 0 Å². The van der Waals surface area contributed by atoms with Crippen molar-refractivity contribution in [2.45, 2.75) is 131 Å². The maximum absolute atomic E-state index is 12.6. The number of carboxylic acids is 1. The highest BCUT2D eigenvalue weighted by atomic mass is 32.2. The first-order valence-electron chi connectivity index (χ1n) is 17.5. The van der Waals surface area contributed by atoms with Crippen molar-refractivity contribution < 1.29 is 56.4 Å². The summed E-state index contributed by atoms with van der Waals surface area (Å²) in [6.07, 6.45) is 0.872. The van der Waals surface area contributed by atoms with Crippen LogP contribution in [0.5, 0.6) is 0 Å². The van der Waals surface area contributed by atoms with Crippen LogP contribution in [0.25, 0.3) is 0 Å². The van der Waals surface area contributed by atoms with Crippen LogP contribution in [-0.4, -0.2) is 110 Å². The Balaban J connectivity index is 0. The molecule has 3 amide bonds. The van der Waals surface area contributed by atoms with E-state index in [4.69, 9.17) is 21.1 Å². The minimum absolute atomic E-state index is 0.0116. The van der Waals surface area contributed by atoms with Crippen LogP contribution >= 0.6 is 0 Å². The van der Waals surface area contributed by atoms with E-state index in [1.54, 1.807) is 69.2 Å². The molecule has 0 aromatic heterocycles. The summed E-state index contributed by atoms with van der Waals surface area (Å²) < 4.78 is 75.6. The molecular weight excluding hydrogens is 716 g/mol. The fourth-order valence-electron chi connectivity index (χ4n) is 4.99. The van der Waals surface area contributed by atoms with Crippen molar-refractivity contribution in [2.75, 3.05) is 33.3 Å². The van der Waals surface area contributed by atoms with Crippen LogP contribution in [0.15, 0.2) is 0 Å². The molecule has 0 aromatic carbocycles. The summed E-state index contributed by atoms with van der Waals surface area (Å²) in [6.45, 7) is 22.4. The van der Waals surface area contributed by atoms with Gasteiger partial charge in [0.1, 0.15) is 22.3 Å². The number of alkyl halides is 1. The summed E-state index contributed by atoms with van der Waals surface area (Å²) >= 11 is 0. The van der Waals surface area contributed by atoms with Crippen LogP contribution in [0.2, 0.25) is 0 Å². The lowest BCUT2D eigenvalue weighted by Crippen LogP contribution is -2.55. The number of alkyl carbamates (subject to hydrolysis) is 2. The molecule has 2 rings (SSSR count). The van der Waals surface area contributed by atoms with E-state index in [-0.39, 0.29) is 24.9 Å². The quantitative estimate of drug-likeness (QED) is 0.182. The van der Waals surface area contributed by atoms with E-state index in [2.05, 4.69) is 15.4 Å². The molecule has 4 atom stereocenters. The second-order valence-electron chi connectivity index (χ2n) is 13.8. The molecule has 302 valence electrons. The molecule has 0 spiro atoms. The predicted molar refractivity (Wildman–Crippen MR) is 192 cm³/mol. The van der Waals surface area contributed by atoms with Crippen molar-refractivity contribution in [3.05, 3.63) is 0 Å². The van der Waals surface area contributed by atoms with Crippen molar-refractivity contribution >= 4 is 44.5 Å². The zero-order valence-electron chi connectivity index (χ0n) is 33.2. The zero-order valence-corrected chi connectivity index (χ0v) is 33.8. The molecule has 17 nitrogen and oxygen atoms in total. The minimum atomic E-state index is -3.93. The van der Waals surface area contributed by atoms with Crippen LogP contribution in [0.4, 0.5) is 14.0 Å². The van der Waals surface area contributed by atoms with E-state index < -0.39 is 73.9 Å². The van der Waals surface area contributed by atoms with Gasteiger partial charge in [-0.05, 0) is 66.2 Å². The third-order valence-corrected chi connectivity index (χ3v) is 10.6. The van der Waals surface area contributed by atoms with Crippen molar-refractivity contribution in [1.82, 2.24) is 24.0 Å². The van der Waals surface area contributed by atoms with Gasteiger partial charge in [0, 0.05) is 26.2 Å². The Bertz CT molecular complexity index is 1390. The number of carbonyl (C=O) groups is 4. The van der Waals surface area contributed by atoms with E-state index >= 15 is 0 Å². The van der Waals surface area contributed by atoms with Gasteiger partial charge in [0.2, 0.25) is 0 Å². The lowest BCUT2D eigenvalue weighted by atomic mass is 10.1. The van der Waals surface area contributed by atoms with Crippen molar-refractivity contribution in [3.8, 4) is 0 Å². The Morgan fingerprint density at radius 3 is 1.35 bits per heavy atom. The molecule has 20 heteroatoms. The first-order chi connectivity index (χ1) is 23.6. The van der Waals surface area contributed by atoms with E-state index in [1.165, 1.54) is 4.31 Å². The number of amides is 3. The lowest BCUT2D eigenvalue weighted by molar-refractivity contribution is -0.141. The Labute approximate surface area is 305 Å². The van der Waals surface area contributed by atoms with Gasteiger partial charge in [-0.25, -0.2) is 24.2 Å². The number of nitrogens with one attached hydrogen (secondary N) is 3. The van der Waals surface area contributed by atoms with E-state index in [0.29, 0.717) is 32.4 Å². The number of hydrogen-bond donors (Lipinski definition) is 5. The smallest absolute Gasteiger partial charge is 0.408 e. The summed E-state index contributed by atoms with van der Waals surface area (Å²) in [5.41, 5.74) is -3.64. The second kappa shape index (κ2) is 20.4. The predicted octanol–water partition coefficient (Wildman–Crippen LogP) is 3.26. The number of hydrogen-bond acceptors (Lipinski definition) is 10. The standard InChI is InChI=1S/C15H29N3O5S.C11H19NO4.C4H12N2O2S.CH3F/c1-7-11-10-15(11,16-13(20)23-14(4,5)6)12(19)17-24(21,22)18(8-2)9-3;1-5-7-6-11(7,8(13)14)12-9(15)16-10(2,3)4;1-3-6(4-2)9(5,7)8;1-2/h11H,7-10H2,1-6H3,(H,16,20)(H,17,19);7H,5-6H2,1-4H3,(H,12,15)(H,13,14);3-4H2,1-2H3,(H2,5,7,8);1H3/t11?,15-;7?,11-;;/m11../s1/i;;;1D. The van der Waals surface area contributed by atoms with Crippen molar-refractivity contribution in [2.24, 2.45) is 17.0 Å². The summed E-state index contributed by atoms with van der Waals surface area (Å²) in [5, 5.41) is 18.9. The van der Waals surface area contributed by atoms with Gasteiger partial charge in [-0.3, -0.25) is 9.18 Å². The molecular formula is C31H63FN6O11S2. The second-order valence-corrected chi connectivity index (χ2v) is 17.0. The van der Waals surface area contributed by atoms with E-state index in [1.807, 2.05) is 13.8 Å². The highest BCUT2D eigenvalue weighted by Crippen LogP contribution is 2.47. The number of halogens is 1. The van der Waals surface area contributed by atoms with Gasteiger partial charge < -0.3 is 25.2 Å². The highest BCUT2D eigenvalue weighted by molar-refractivity contribution is 7.87. The molecule has 6 N–H and O–H groups in total. The number of carboxylic acid groups (broad SMARTS) is 1. The van der Waals surface area contributed by atoms with Gasteiger partial charge in [0.25, 0.3) is 16.1 Å². The molecule has 2 aliphatic carbocycles. The molecule has 51 heavy (non-hydrogen) atoms. The fourth-order valence-corrected chi connectivity index (χ4v) is 6.94. The summed E-state index contributed by atoms with van der Waals surface area (Å²) in [5.74, 6) is -1.80. The Morgan fingerprint density at radius 2 is 1.12 bits per heavy atom. The Kier molecular flexibility index (Phi) is 19.3. The van der Waals surface area contributed by atoms with Crippen molar-refractivity contribution in [3.63, 3.8) is 0 Å². The number of aliphatic carboxylic acids is 1. The van der Waals surface area contributed by atoms with Crippen LogP contribution in [-0.2, 0) is 39.5 Å². The summed E-state index contributed by atoms with van der Waals surface area (Å²) in [6, 6.07) is 0. The molecule has 2 fully saturated rings. The first-order valence-corrected chi connectivity index (χ1v) is 19.7. The van der Waals surface area contributed by atoms with Gasteiger partial charge >= 0.3 is 28.4 Å². The number of nitrogens with two attached hydrogens (primary N) is 1. The maximum atomic E-state index is 12.6. The molecule has 2 aliphatic rings. The summed E-state index contributed by atoms with van der Waals surface area (Å²) in [4.78, 5) is 47.1. The van der Waals surface area contributed by atoms with Crippen LogP contribution in [0.3, 0.4) is 0 Å². The van der Waals surface area contributed by atoms with Crippen LogP contribution in [0, 0.1) is 11.8 Å². The molecule has 0 aliphatic heterocycles. The largest absolute Gasteiger partial charge is 0.479 e. The highest BCUT2D eigenvalue weighted by Gasteiger charge is 2.62. The Morgan fingerprint density at radius 1 is 0.784 bits per heavy atom. The zero-order chi connectivity index (χ0) is 41.5. The number of nitrogens with zero attached hydrogens (tertiary/aromatic N) is 2. The SMILES string of the molecule is CCC1C[C@]1(NC(=O)OC(C)(C)C)C(=O)NS(=O)(=O)N(CC)CC.CCC1C[C@]1(NC(=O)OC(C)(C)C)C(=O)O.CCN(CC)S(N)(=O)=O.[2H]CF. The van der Waals surface area contributed by atoms with Gasteiger partial charge in [0.15, 0.2) is 0 Å². The third kappa shape index (κ3) is 16.6. The monoisotopic (exact) mass is 779 g/mol. The number of rotatable bonds is 13. The van der Waals surface area contributed by atoms with E-state index in [9.17, 15) is 40.4 Å². The average molecular weight is 780 g/mol. The first kappa shape index (κ1) is 48.2. The molecule has 0 bridgehead atoms. The van der Waals surface area contributed by atoms with Crippen LogP contribution in [0.1, 0.15) is 110 Å². The lowest BCUT2D eigenvalue weighted by Gasteiger charge is -2.25. The molecule has 2 saturated carbocycles. The molecule has 2 unspecified atom stereocenters. The molecule has 0 heterocycles. The topological polar surface area (TPSA) is 244 Å². The number of carbonyl (C=O) groups excluding carboxylic acids is 3. The fraction of sp³-hybridized carbons (Fsp3) is 0.871. The average Bonchev–Trinajstić information content (AvgIpc) is 3.87. The van der Waals surface area contributed by atoms with Gasteiger partial charge in [-0.15, -0.1) is 0 Å². The maximum Gasteiger partial charge on any atom is 0.408 e. The number of ether oxygens (including phenoxy) is 2. The van der Waals surface area contributed by atoms with Crippen LogP contribution < -0.4 is 20.5 Å². The van der Waals surface area contributed by atoms with Gasteiger partial charge in [-0.1, -0.05) is 54.4 Å². The van der Waals surface area contributed by atoms with Gasteiger partial charge in [-0.2, -0.15) is 25.4 Å². The van der Waals surface area contributed by atoms with Gasteiger partial charge in [0.05, 0.1) is 8.52 Å². The Hall–Kier alpha value is -2.81. The summed E-state index contributed by atoms with van der Waals surface area (Å²) in [7, 11) is -8.36. The third-order valence-electron chi connectivity index (χ3n) is 7.76. The minimum Gasteiger partial charge on any atom is -0.479 e. The molecule has 0 saturated heterocycles. The molecule has 0 aromatic rings.